The van der Waals surface area contributed by atoms with Gasteiger partial charge < -0.3 is 11.5 Å². The third-order valence-electron chi connectivity index (χ3n) is 1.53. The van der Waals surface area contributed by atoms with E-state index in [9.17, 15) is 4.39 Å². The van der Waals surface area contributed by atoms with Crippen LogP contribution >= 0.6 is 0 Å². The molecule has 0 aliphatic heterocycles. The van der Waals surface area contributed by atoms with E-state index >= 15 is 0 Å². The van der Waals surface area contributed by atoms with Crippen LogP contribution in [0.2, 0.25) is 0 Å². The van der Waals surface area contributed by atoms with Crippen LogP contribution in [0.5, 0.6) is 0 Å². The van der Waals surface area contributed by atoms with Crippen LogP contribution in [-0.4, -0.2) is 18.8 Å². The average Bonchev–Trinajstić information content (AvgIpc) is 2.00. The smallest absolute Gasteiger partial charge is 0.135 e. The Morgan fingerprint density at radius 1 is 1.40 bits per heavy atom. The maximum atomic E-state index is 13.1. The number of hydrogen-bond acceptors (Lipinski definition) is 2. The highest BCUT2D eigenvalue weighted by Gasteiger charge is 2.24. The van der Waals surface area contributed by atoms with Gasteiger partial charge in [0, 0.05) is 13.1 Å². The molecule has 0 aromatic rings. The van der Waals surface area contributed by atoms with E-state index in [4.69, 9.17) is 11.5 Å². The number of rotatable bonds is 5. The first-order valence-corrected chi connectivity index (χ1v) is 3.38. The molecule has 3 heteroatoms. The third kappa shape index (κ3) is 2.94. The third-order valence-corrected chi connectivity index (χ3v) is 1.53. The average molecular weight is 146 g/mol. The lowest BCUT2D eigenvalue weighted by atomic mass is 10.0. The van der Waals surface area contributed by atoms with E-state index in [1.165, 1.54) is 0 Å². The van der Waals surface area contributed by atoms with Crippen LogP contribution in [0.15, 0.2) is 12.7 Å². The molecular weight excluding hydrogens is 131 g/mol. The molecule has 0 aromatic carbocycles. The number of hydrogen-bond donors (Lipinski definition) is 2. The molecule has 0 fully saturated rings. The van der Waals surface area contributed by atoms with Gasteiger partial charge in [0.05, 0.1) is 0 Å². The van der Waals surface area contributed by atoms with Gasteiger partial charge in [0.15, 0.2) is 0 Å². The fourth-order valence-electron chi connectivity index (χ4n) is 0.648. The van der Waals surface area contributed by atoms with E-state index in [0.717, 1.165) is 0 Å². The van der Waals surface area contributed by atoms with Gasteiger partial charge in [-0.15, -0.1) is 6.58 Å². The van der Waals surface area contributed by atoms with Crippen molar-refractivity contribution in [2.24, 2.45) is 11.5 Å². The molecule has 2 nitrogen and oxygen atoms in total. The Morgan fingerprint density at radius 2 is 1.90 bits per heavy atom. The first kappa shape index (κ1) is 9.59. The van der Waals surface area contributed by atoms with Crippen molar-refractivity contribution in [1.29, 1.82) is 0 Å². The fraction of sp³-hybridized carbons (Fsp3) is 0.714. The summed E-state index contributed by atoms with van der Waals surface area (Å²) >= 11 is 0. The monoisotopic (exact) mass is 146 g/mol. The normalized spacial score (nSPS) is 11.5. The highest BCUT2D eigenvalue weighted by molar-refractivity contribution is 4.84. The molecule has 0 amide bonds. The number of alkyl halides is 1. The van der Waals surface area contributed by atoms with Crippen molar-refractivity contribution in [2.45, 2.75) is 18.5 Å². The first-order chi connectivity index (χ1) is 4.68. The van der Waals surface area contributed by atoms with Crippen molar-refractivity contribution in [2.75, 3.05) is 13.1 Å². The molecule has 0 atom stereocenters. The van der Waals surface area contributed by atoms with Gasteiger partial charge in [-0.05, 0) is 12.8 Å². The standard InChI is InChI=1S/C7H15FN2/c1-2-3-4-7(8,5-9)6-10/h2H,1,3-6,9-10H2. The molecule has 0 unspecified atom stereocenters. The molecule has 60 valence electrons. The van der Waals surface area contributed by atoms with Crippen molar-refractivity contribution in [3.8, 4) is 0 Å². The minimum absolute atomic E-state index is 0.00264. The Balaban J connectivity index is 3.68. The second-order valence-electron chi connectivity index (χ2n) is 2.39. The van der Waals surface area contributed by atoms with Crippen LogP contribution in [-0.2, 0) is 0 Å². The zero-order valence-corrected chi connectivity index (χ0v) is 6.15. The number of allylic oxidation sites excluding steroid dienone is 1. The SMILES string of the molecule is C=CCCC(F)(CN)CN. The zero-order valence-electron chi connectivity index (χ0n) is 6.15. The van der Waals surface area contributed by atoms with E-state index in [1.54, 1.807) is 6.08 Å². The van der Waals surface area contributed by atoms with E-state index in [2.05, 4.69) is 6.58 Å². The van der Waals surface area contributed by atoms with Crippen molar-refractivity contribution in [3.05, 3.63) is 12.7 Å². The van der Waals surface area contributed by atoms with Crippen molar-refractivity contribution >= 4 is 0 Å². The Kier molecular flexibility index (Phi) is 4.23. The maximum absolute atomic E-state index is 13.1. The predicted molar refractivity (Wildman–Crippen MR) is 41.4 cm³/mol. The van der Waals surface area contributed by atoms with E-state index in [-0.39, 0.29) is 13.1 Å². The van der Waals surface area contributed by atoms with Gasteiger partial charge >= 0.3 is 0 Å². The maximum Gasteiger partial charge on any atom is 0.135 e. The second kappa shape index (κ2) is 4.41. The number of halogens is 1. The van der Waals surface area contributed by atoms with Gasteiger partial charge in [0.25, 0.3) is 0 Å². The van der Waals surface area contributed by atoms with Gasteiger partial charge in [-0.3, -0.25) is 0 Å². The van der Waals surface area contributed by atoms with Gasteiger partial charge in [-0.2, -0.15) is 0 Å². The molecule has 0 rings (SSSR count). The summed E-state index contributed by atoms with van der Waals surface area (Å²) in [6.45, 7) is 3.48. The van der Waals surface area contributed by atoms with Gasteiger partial charge in [-0.25, -0.2) is 4.39 Å². The van der Waals surface area contributed by atoms with Crippen LogP contribution in [0.3, 0.4) is 0 Å². The Morgan fingerprint density at radius 3 is 2.20 bits per heavy atom. The summed E-state index contributed by atoms with van der Waals surface area (Å²) in [6, 6.07) is 0. The molecular formula is C7H15FN2. The first-order valence-electron chi connectivity index (χ1n) is 3.38. The molecule has 0 aliphatic carbocycles. The summed E-state index contributed by atoms with van der Waals surface area (Å²) in [4.78, 5) is 0. The molecule has 0 spiro atoms. The lowest BCUT2D eigenvalue weighted by Crippen LogP contribution is -2.40. The quantitative estimate of drug-likeness (QED) is 0.557. The van der Waals surface area contributed by atoms with E-state index < -0.39 is 5.67 Å². The van der Waals surface area contributed by atoms with Crippen molar-refractivity contribution in [1.82, 2.24) is 0 Å². The Hall–Kier alpha value is -0.410. The van der Waals surface area contributed by atoms with Gasteiger partial charge in [0.1, 0.15) is 5.67 Å². The van der Waals surface area contributed by atoms with E-state index in [0.29, 0.717) is 12.8 Å². The van der Waals surface area contributed by atoms with Gasteiger partial charge in [-0.1, -0.05) is 6.08 Å². The highest BCUT2D eigenvalue weighted by Crippen LogP contribution is 2.14. The van der Waals surface area contributed by atoms with Crippen LogP contribution in [0.25, 0.3) is 0 Å². The van der Waals surface area contributed by atoms with Crippen LogP contribution in [0, 0.1) is 0 Å². The zero-order chi connectivity index (χ0) is 8.04. The van der Waals surface area contributed by atoms with Crippen LogP contribution in [0.4, 0.5) is 4.39 Å². The lowest BCUT2D eigenvalue weighted by molar-refractivity contribution is 0.171. The molecule has 0 bridgehead atoms. The van der Waals surface area contributed by atoms with Gasteiger partial charge in [0.2, 0.25) is 0 Å². The topological polar surface area (TPSA) is 52.0 Å². The lowest BCUT2D eigenvalue weighted by Gasteiger charge is -2.20. The molecule has 0 heterocycles. The van der Waals surface area contributed by atoms with Crippen molar-refractivity contribution < 1.29 is 4.39 Å². The minimum atomic E-state index is -1.38. The van der Waals surface area contributed by atoms with Crippen LogP contribution < -0.4 is 11.5 Å². The van der Waals surface area contributed by atoms with E-state index in [1.807, 2.05) is 0 Å². The predicted octanol–water partition coefficient (Wildman–Crippen LogP) is 0.578. The molecule has 10 heavy (non-hydrogen) atoms. The highest BCUT2D eigenvalue weighted by atomic mass is 19.1. The Labute approximate surface area is 61.1 Å². The summed E-state index contributed by atoms with van der Waals surface area (Å²) in [5.41, 5.74) is 8.96. The summed E-state index contributed by atoms with van der Waals surface area (Å²) in [5, 5.41) is 0. The molecule has 0 aromatic heterocycles. The summed E-state index contributed by atoms with van der Waals surface area (Å²) in [7, 11) is 0. The molecule has 0 radical (unpaired) electrons. The largest absolute Gasteiger partial charge is 0.327 e. The Bertz CT molecular complexity index is 99.8. The minimum Gasteiger partial charge on any atom is -0.327 e. The summed E-state index contributed by atoms with van der Waals surface area (Å²) in [5.74, 6) is 0. The fourth-order valence-corrected chi connectivity index (χ4v) is 0.648. The van der Waals surface area contributed by atoms with Crippen LogP contribution in [0.1, 0.15) is 12.8 Å². The summed E-state index contributed by atoms with van der Waals surface area (Å²) < 4.78 is 13.1. The second-order valence-corrected chi connectivity index (χ2v) is 2.39. The van der Waals surface area contributed by atoms with Crippen molar-refractivity contribution in [3.63, 3.8) is 0 Å². The summed E-state index contributed by atoms with van der Waals surface area (Å²) in [6.07, 6.45) is 2.67. The molecule has 0 saturated carbocycles. The molecule has 0 aliphatic rings. The number of nitrogens with two attached hydrogens (primary N) is 2. The molecule has 0 saturated heterocycles. The molecule has 4 N–H and O–H groups in total.